The highest BCUT2D eigenvalue weighted by Gasteiger charge is 2.04. The molecule has 2 nitrogen and oxygen atoms in total. The van der Waals surface area contributed by atoms with Gasteiger partial charge in [-0.15, -0.1) is 0 Å². The fourth-order valence-electron chi connectivity index (χ4n) is 1.46. The van der Waals surface area contributed by atoms with Crippen molar-refractivity contribution in [3.63, 3.8) is 0 Å². The van der Waals surface area contributed by atoms with E-state index in [0.717, 1.165) is 11.0 Å². The Morgan fingerprint density at radius 1 is 1.46 bits per heavy atom. The highest BCUT2D eigenvalue weighted by Crippen LogP contribution is 2.20. The van der Waals surface area contributed by atoms with Crippen LogP contribution in [-0.2, 0) is 0 Å². The molecule has 2 heterocycles. The smallest absolute Gasteiger partial charge is 0.0882 e. The van der Waals surface area contributed by atoms with Gasteiger partial charge < -0.3 is 4.57 Å². The van der Waals surface area contributed by atoms with E-state index in [1.165, 1.54) is 0 Å². The summed E-state index contributed by atoms with van der Waals surface area (Å²) in [6.45, 7) is 4.28. The summed E-state index contributed by atoms with van der Waals surface area (Å²) < 4.78 is 2.16. The number of rotatable bonds is 1. The molecule has 0 saturated heterocycles. The molecule has 0 aliphatic rings. The molecule has 0 aromatic carbocycles. The minimum absolute atomic E-state index is 0.442. The van der Waals surface area contributed by atoms with Gasteiger partial charge in [0.05, 0.1) is 16.1 Å². The highest BCUT2D eigenvalue weighted by molar-refractivity contribution is 6.31. The maximum Gasteiger partial charge on any atom is 0.0882 e. The van der Waals surface area contributed by atoms with E-state index in [-0.39, 0.29) is 0 Å². The van der Waals surface area contributed by atoms with Crippen LogP contribution in [0.2, 0.25) is 5.02 Å². The fraction of sp³-hybridized carbons (Fsp3) is 0.300. The van der Waals surface area contributed by atoms with Gasteiger partial charge in [-0.2, -0.15) is 0 Å². The zero-order valence-electron chi connectivity index (χ0n) is 7.66. The van der Waals surface area contributed by atoms with Crippen LogP contribution in [0, 0.1) is 0 Å². The number of hydrogen-bond acceptors (Lipinski definition) is 1. The van der Waals surface area contributed by atoms with Gasteiger partial charge in [0, 0.05) is 18.4 Å². The van der Waals surface area contributed by atoms with Crippen molar-refractivity contribution in [3.8, 4) is 0 Å². The van der Waals surface area contributed by atoms with Gasteiger partial charge in [-0.1, -0.05) is 11.6 Å². The molecule has 0 N–H and O–H groups in total. The largest absolute Gasteiger partial charge is 0.344 e. The number of fused-ring (bicyclic) bond motifs is 1. The molecule has 0 amide bonds. The van der Waals surface area contributed by atoms with Crippen molar-refractivity contribution < 1.29 is 0 Å². The summed E-state index contributed by atoms with van der Waals surface area (Å²) >= 11 is 5.88. The molecule has 0 aliphatic heterocycles. The van der Waals surface area contributed by atoms with Gasteiger partial charge in [-0.05, 0) is 26.0 Å². The first-order valence-electron chi connectivity index (χ1n) is 4.30. The zero-order valence-corrected chi connectivity index (χ0v) is 8.42. The molecule has 0 aliphatic carbocycles. The van der Waals surface area contributed by atoms with E-state index in [0.29, 0.717) is 11.1 Å². The Kier molecular flexibility index (Phi) is 2.00. The van der Waals surface area contributed by atoms with E-state index in [2.05, 4.69) is 23.4 Å². The summed E-state index contributed by atoms with van der Waals surface area (Å²) in [5, 5.41) is 0.688. The van der Waals surface area contributed by atoms with E-state index in [1.54, 1.807) is 6.20 Å². The lowest BCUT2D eigenvalue weighted by molar-refractivity contribution is 0.623. The second kappa shape index (κ2) is 3.04. The third kappa shape index (κ3) is 1.42. The topological polar surface area (TPSA) is 17.8 Å². The van der Waals surface area contributed by atoms with Crippen LogP contribution in [0.3, 0.4) is 0 Å². The summed E-state index contributed by atoms with van der Waals surface area (Å²) in [6.07, 6.45) is 3.72. The number of hydrogen-bond donors (Lipinski definition) is 0. The summed E-state index contributed by atoms with van der Waals surface area (Å²) in [6, 6.07) is 4.40. The van der Waals surface area contributed by atoms with Gasteiger partial charge in [-0.3, -0.25) is 4.98 Å². The number of nitrogens with zero attached hydrogens (tertiary/aromatic N) is 2. The molecule has 68 valence electrons. The monoisotopic (exact) mass is 194 g/mol. The van der Waals surface area contributed by atoms with Crippen LogP contribution < -0.4 is 0 Å². The molecule has 13 heavy (non-hydrogen) atoms. The van der Waals surface area contributed by atoms with Crippen molar-refractivity contribution in [3.05, 3.63) is 29.5 Å². The van der Waals surface area contributed by atoms with E-state index < -0.39 is 0 Å². The van der Waals surface area contributed by atoms with Crippen LogP contribution in [0.25, 0.3) is 11.0 Å². The van der Waals surface area contributed by atoms with Gasteiger partial charge in [0.25, 0.3) is 0 Å². The minimum Gasteiger partial charge on any atom is -0.344 e. The third-order valence-electron chi connectivity index (χ3n) is 2.09. The summed E-state index contributed by atoms with van der Waals surface area (Å²) in [7, 11) is 0. The minimum atomic E-state index is 0.442. The third-order valence-corrected chi connectivity index (χ3v) is 2.30. The van der Waals surface area contributed by atoms with Crippen molar-refractivity contribution in [1.82, 2.24) is 9.55 Å². The lowest BCUT2D eigenvalue weighted by Gasteiger charge is -2.08. The van der Waals surface area contributed by atoms with Gasteiger partial charge in [0.1, 0.15) is 0 Å². The Balaban J connectivity index is 2.71. The van der Waals surface area contributed by atoms with Crippen LogP contribution >= 0.6 is 11.6 Å². The van der Waals surface area contributed by atoms with Crippen molar-refractivity contribution in [1.29, 1.82) is 0 Å². The first kappa shape index (κ1) is 8.57. The predicted molar refractivity (Wildman–Crippen MR) is 55.1 cm³/mol. The van der Waals surface area contributed by atoms with E-state index >= 15 is 0 Å². The molecule has 0 fully saturated rings. The average molecular weight is 195 g/mol. The van der Waals surface area contributed by atoms with Crippen molar-refractivity contribution in [2.75, 3.05) is 0 Å². The molecule has 0 radical (unpaired) electrons. The molecule has 0 bridgehead atoms. The Hall–Kier alpha value is -1.02. The number of pyridine rings is 1. The molecular weight excluding hydrogens is 184 g/mol. The van der Waals surface area contributed by atoms with Crippen molar-refractivity contribution in [2.24, 2.45) is 0 Å². The van der Waals surface area contributed by atoms with Crippen LogP contribution in [-0.4, -0.2) is 9.55 Å². The first-order valence-corrected chi connectivity index (χ1v) is 4.68. The van der Waals surface area contributed by atoms with Crippen molar-refractivity contribution >= 4 is 22.6 Å². The van der Waals surface area contributed by atoms with Crippen molar-refractivity contribution in [2.45, 2.75) is 19.9 Å². The van der Waals surface area contributed by atoms with E-state index in [4.69, 9.17) is 11.6 Å². The van der Waals surface area contributed by atoms with Gasteiger partial charge in [-0.25, -0.2) is 0 Å². The van der Waals surface area contributed by atoms with E-state index in [9.17, 15) is 0 Å². The molecule has 3 heteroatoms. The van der Waals surface area contributed by atoms with Crippen LogP contribution in [0.4, 0.5) is 0 Å². The SMILES string of the molecule is CC(C)n1ccc2ncc(Cl)cc21. The van der Waals surface area contributed by atoms with Crippen LogP contribution in [0.15, 0.2) is 24.5 Å². The summed E-state index contributed by atoms with van der Waals surface area (Å²) in [5.41, 5.74) is 2.10. The molecule has 0 saturated carbocycles. The van der Waals surface area contributed by atoms with Crippen LogP contribution in [0.1, 0.15) is 19.9 Å². The normalized spacial score (nSPS) is 11.4. The molecule has 2 aromatic heterocycles. The van der Waals surface area contributed by atoms with Gasteiger partial charge in [0.2, 0.25) is 0 Å². The standard InChI is InChI=1S/C10H11ClN2/c1-7(2)13-4-3-9-10(13)5-8(11)6-12-9/h3-7H,1-2H3. The molecule has 0 atom stereocenters. The summed E-state index contributed by atoms with van der Waals surface area (Å²) in [4.78, 5) is 4.23. The first-order chi connectivity index (χ1) is 6.18. The molecule has 0 spiro atoms. The highest BCUT2D eigenvalue weighted by atomic mass is 35.5. The van der Waals surface area contributed by atoms with Crippen LogP contribution in [0.5, 0.6) is 0 Å². The average Bonchev–Trinajstić information content (AvgIpc) is 2.46. The lowest BCUT2D eigenvalue weighted by Crippen LogP contribution is -1.97. The predicted octanol–water partition coefficient (Wildman–Crippen LogP) is 3.27. The second-order valence-electron chi connectivity index (χ2n) is 3.37. The number of aromatic nitrogens is 2. The van der Waals surface area contributed by atoms with E-state index in [1.807, 2.05) is 18.3 Å². The van der Waals surface area contributed by atoms with Gasteiger partial charge >= 0.3 is 0 Å². The molecule has 0 unspecified atom stereocenters. The Labute approximate surface area is 82.1 Å². The maximum atomic E-state index is 5.88. The fourth-order valence-corrected chi connectivity index (χ4v) is 1.61. The van der Waals surface area contributed by atoms with Gasteiger partial charge in [0.15, 0.2) is 0 Å². The Bertz CT molecular complexity index is 431. The summed E-state index contributed by atoms with van der Waals surface area (Å²) in [5.74, 6) is 0. The quantitative estimate of drug-likeness (QED) is 0.682. The lowest BCUT2D eigenvalue weighted by atomic mass is 10.3. The Morgan fingerprint density at radius 3 is 2.92 bits per heavy atom. The number of halogens is 1. The molecule has 2 aromatic rings. The zero-order chi connectivity index (χ0) is 9.42. The molecular formula is C10H11ClN2. The second-order valence-corrected chi connectivity index (χ2v) is 3.81. The maximum absolute atomic E-state index is 5.88. The Morgan fingerprint density at radius 2 is 2.23 bits per heavy atom. The molecule has 2 rings (SSSR count).